The molecule has 0 bridgehead atoms. The molecule has 1 aromatic rings. The molecule has 1 unspecified atom stereocenters. The Morgan fingerprint density at radius 1 is 1.42 bits per heavy atom. The van der Waals surface area contributed by atoms with Crippen molar-refractivity contribution >= 4 is 5.91 Å². The normalized spacial score (nSPS) is 19.1. The van der Waals surface area contributed by atoms with Gasteiger partial charge in [0.15, 0.2) is 0 Å². The molecule has 1 heterocycles. The van der Waals surface area contributed by atoms with E-state index in [1.54, 1.807) is 0 Å². The van der Waals surface area contributed by atoms with Crippen LogP contribution in [0.1, 0.15) is 18.9 Å². The van der Waals surface area contributed by atoms with Crippen molar-refractivity contribution in [1.82, 2.24) is 9.80 Å². The maximum Gasteiger partial charge on any atom is 0.236 e. The van der Waals surface area contributed by atoms with Gasteiger partial charge in [-0.1, -0.05) is 37.3 Å². The van der Waals surface area contributed by atoms with Crippen molar-refractivity contribution < 1.29 is 4.79 Å². The Kier molecular flexibility index (Phi) is 4.93. The van der Waals surface area contributed by atoms with Gasteiger partial charge in [0, 0.05) is 25.7 Å². The van der Waals surface area contributed by atoms with E-state index in [1.807, 2.05) is 11.0 Å². The van der Waals surface area contributed by atoms with E-state index in [-0.39, 0.29) is 12.5 Å². The zero-order valence-corrected chi connectivity index (χ0v) is 11.6. The van der Waals surface area contributed by atoms with Gasteiger partial charge in [0.25, 0.3) is 0 Å². The average Bonchev–Trinajstić information content (AvgIpc) is 2.94. The highest BCUT2D eigenvalue weighted by Crippen LogP contribution is 2.18. The Morgan fingerprint density at radius 3 is 2.79 bits per heavy atom. The Labute approximate surface area is 115 Å². The fraction of sp³-hybridized carbons (Fsp3) is 0.533. The number of carbonyl (C=O) groups is 1. The Balaban J connectivity index is 1.94. The number of likely N-dealkylation sites (tertiary alicyclic amines) is 1. The zero-order valence-electron chi connectivity index (χ0n) is 11.6. The van der Waals surface area contributed by atoms with Gasteiger partial charge in [-0.2, -0.15) is 0 Å². The summed E-state index contributed by atoms with van der Waals surface area (Å²) in [5.41, 5.74) is 6.75. The summed E-state index contributed by atoms with van der Waals surface area (Å²) in [6.45, 7) is 5.91. The monoisotopic (exact) mass is 261 g/mol. The summed E-state index contributed by atoms with van der Waals surface area (Å²) in [5.74, 6) is 0.0678. The minimum absolute atomic E-state index is 0.0678. The van der Waals surface area contributed by atoms with Crippen LogP contribution in [-0.4, -0.2) is 47.9 Å². The molecule has 19 heavy (non-hydrogen) atoms. The van der Waals surface area contributed by atoms with Crippen LogP contribution in [0.3, 0.4) is 0 Å². The van der Waals surface area contributed by atoms with E-state index in [0.29, 0.717) is 6.04 Å². The van der Waals surface area contributed by atoms with Crippen molar-refractivity contribution in [2.24, 2.45) is 5.73 Å². The van der Waals surface area contributed by atoms with E-state index in [2.05, 4.69) is 36.1 Å². The van der Waals surface area contributed by atoms with E-state index < -0.39 is 0 Å². The number of nitrogens with two attached hydrogens (primary N) is 1. The number of benzene rings is 1. The highest BCUT2D eigenvalue weighted by molar-refractivity contribution is 5.78. The van der Waals surface area contributed by atoms with Crippen molar-refractivity contribution in [1.29, 1.82) is 0 Å². The smallest absolute Gasteiger partial charge is 0.236 e. The van der Waals surface area contributed by atoms with Gasteiger partial charge in [-0.05, 0) is 18.5 Å². The van der Waals surface area contributed by atoms with Gasteiger partial charge in [0.1, 0.15) is 0 Å². The topological polar surface area (TPSA) is 49.6 Å². The minimum Gasteiger partial charge on any atom is -0.340 e. The van der Waals surface area contributed by atoms with Crippen molar-refractivity contribution in [3.63, 3.8) is 0 Å². The maximum atomic E-state index is 11.6. The number of likely N-dealkylation sites (N-methyl/N-ethyl adjacent to an activating group) is 1. The van der Waals surface area contributed by atoms with Crippen molar-refractivity contribution in [3.8, 4) is 0 Å². The van der Waals surface area contributed by atoms with Gasteiger partial charge in [-0.15, -0.1) is 0 Å². The molecule has 104 valence electrons. The number of hydrogen-bond donors (Lipinski definition) is 1. The fourth-order valence-electron chi connectivity index (χ4n) is 2.71. The molecule has 0 aliphatic carbocycles. The first-order valence-corrected chi connectivity index (χ1v) is 7.00. The highest BCUT2D eigenvalue weighted by Gasteiger charge is 2.28. The second kappa shape index (κ2) is 6.68. The quantitative estimate of drug-likeness (QED) is 0.862. The van der Waals surface area contributed by atoms with E-state index in [4.69, 9.17) is 5.73 Å². The summed E-state index contributed by atoms with van der Waals surface area (Å²) in [4.78, 5) is 15.9. The number of rotatable bonds is 5. The summed E-state index contributed by atoms with van der Waals surface area (Å²) in [5, 5.41) is 0. The Hall–Kier alpha value is -1.39. The van der Waals surface area contributed by atoms with Crippen LogP contribution in [0.2, 0.25) is 0 Å². The molecule has 2 N–H and O–H groups in total. The van der Waals surface area contributed by atoms with E-state index >= 15 is 0 Å². The van der Waals surface area contributed by atoms with Gasteiger partial charge in [-0.3, -0.25) is 9.69 Å². The summed E-state index contributed by atoms with van der Waals surface area (Å²) in [6.07, 6.45) is 1.05. The molecule has 4 heteroatoms. The standard InChI is InChI=1S/C15H23N3O/c1-2-17(11-13-6-4-3-5-7-13)14-8-9-18(12-14)15(19)10-16/h3-7,14H,2,8-12,16H2,1H3. The molecular weight excluding hydrogens is 238 g/mol. The Bertz CT molecular complexity index is 407. The predicted octanol–water partition coefficient (Wildman–Crippen LogP) is 1.07. The summed E-state index contributed by atoms with van der Waals surface area (Å²) < 4.78 is 0. The second-order valence-corrected chi connectivity index (χ2v) is 5.04. The number of hydrogen-bond acceptors (Lipinski definition) is 3. The van der Waals surface area contributed by atoms with Gasteiger partial charge in [0.05, 0.1) is 6.54 Å². The molecule has 0 spiro atoms. The third-order valence-electron chi connectivity index (χ3n) is 3.84. The lowest BCUT2D eigenvalue weighted by atomic mass is 10.1. The fourth-order valence-corrected chi connectivity index (χ4v) is 2.71. The molecule has 1 atom stereocenters. The minimum atomic E-state index is 0.0678. The molecule has 0 radical (unpaired) electrons. The lowest BCUT2D eigenvalue weighted by Gasteiger charge is -2.27. The van der Waals surface area contributed by atoms with E-state index in [1.165, 1.54) is 5.56 Å². The third kappa shape index (κ3) is 3.55. The predicted molar refractivity (Wildman–Crippen MR) is 76.6 cm³/mol. The molecule has 4 nitrogen and oxygen atoms in total. The summed E-state index contributed by atoms with van der Waals surface area (Å²) in [6, 6.07) is 10.9. The van der Waals surface area contributed by atoms with Crippen LogP contribution >= 0.6 is 0 Å². The molecule has 2 rings (SSSR count). The largest absolute Gasteiger partial charge is 0.340 e. The summed E-state index contributed by atoms with van der Waals surface area (Å²) >= 11 is 0. The third-order valence-corrected chi connectivity index (χ3v) is 3.84. The van der Waals surface area contributed by atoms with Gasteiger partial charge in [0.2, 0.25) is 5.91 Å². The molecule has 1 aliphatic heterocycles. The number of amides is 1. The lowest BCUT2D eigenvalue weighted by molar-refractivity contribution is -0.128. The first kappa shape index (κ1) is 14.0. The molecular formula is C15H23N3O. The highest BCUT2D eigenvalue weighted by atomic mass is 16.2. The molecule has 0 aromatic heterocycles. The van der Waals surface area contributed by atoms with Crippen LogP contribution in [-0.2, 0) is 11.3 Å². The molecule has 1 aromatic carbocycles. The van der Waals surface area contributed by atoms with Crippen LogP contribution in [0.15, 0.2) is 30.3 Å². The van der Waals surface area contributed by atoms with Gasteiger partial charge in [-0.25, -0.2) is 0 Å². The maximum absolute atomic E-state index is 11.6. The van der Waals surface area contributed by atoms with Crippen molar-refractivity contribution in [2.45, 2.75) is 25.9 Å². The van der Waals surface area contributed by atoms with E-state index in [9.17, 15) is 4.79 Å². The van der Waals surface area contributed by atoms with Crippen LogP contribution in [0, 0.1) is 0 Å². The molecule has 0 saturated carbocycles. The SMILES string of the molecule is CCN(Cc1ccccc1)C1CCN(C(=O)CN)C1. The first-order valence-electron chi connectivity index (χ1n) is 7.00. The van der Waals surface area contributed by atoms with Gasteiger partial charge < -0.3 is 10.6 Å². The van der Waals surface area contributed by atoms with Crippen LogP contribution < -0.4 is 5.73 Å². The van der Waals surface area contributed by atoms with Crippen LogP contribution in [0.5, 0.6) is 0 Å². The van der Waals surface area contributed by atoms with Crippen molar-refractivity contribution in [3.05, 3.63) is 35.9 Å². The molecule has 1 amide bonds. The summed E-state index contributed by atoms with van der Waals surface area (Å²) in [7, 11) is 0. The van der Waals surface area contributed by atoms with E-state index in [0.717, 1.165) is 32.6 Å². The molecule has 1 saturated heterocycles. The first-order chi connectivity index (χ1) is 9.24. The average molecular weight is 261 g/mol. The lowest BCUT2D eigenvalue weighted by Crippen LogP contribution is -2.40. The van der Waals surface area contributed by atoms with Crippen LogP contribution in [0.4, 0.5) is 0 Å². The van der Waals surface area contributed by atoms with Gasteiger partial charge >= 0.3 is 0 Å². The second-order valence-electron chi connectivity index (χ2n) is 5.04. The number of carbonyl (C=O) groups excluding carboxylic acids is 1. The zero-order chi connectivity index (χ0) is 13.7. The molecule has 1 fully saturated rings. The molecule has 1 aliphatic rings. The number of nitrogens with zero attached hydrogens (tertiary/aromatic N) is 2. The van der Waals surface area contributed by atoms with Crippen LogP contribution in [0.25, 0.3) is 0 Å². The van der Waals surface area contributed by atoms with Crippen molar-refractivity contribution in [2.75, 3.05) is 26.2 Å². The Morgan fingerprint density at radius 2 is 2.16 bits per heavy atom.